The number of hydrogen-bond acceptors (Lipinski definition) is 4. The van der Waals surface area contributed by atoms with Crippen molar-refractivity contribution in [2.75, 3.05) is 13.7 Å². The summed E-state index contributed by atoms with van der Waals surface area (Å²) < 4.78 is 0. The molecule has 0 spiro atoms. The van der Waals surface area contributed by atoms with Crippen LogP contribution in [0.5, 0.6) is 0 Å². The number of hydroxylamine groups is 2. The molecule has 0 radical (unpaired) electrons. The second kappa shape index (κ2) is 5.11. The van der Waals surface area contributed by atoms with Crippen molar-refractivity contribution < 1.29 is 4.84 Å². The van der Waals surface area contributed by atoms with Crippen LogP contribution >= 0.6 is 11.6 Å². The third-order valence-corrected chi connectivity index (χ3v) is 2.09. The maximum Gasteiger partial charge on any atom is 0.326 e. The van der Waals surface area contributed by atoms with E-state index < -0.39 is 11.2 Å². The molecule has 1 aromatic heterocycles. The molecule has 7 heteroatoms. The first-order valence-corrected chi connectivity index (χ1v) is 4.77. The van der Waals surface area contributed by atoms with E-state index in [0.717, 1.165) is 0 Å². The van der Waals surface area contributed by atoms with E-state index in [1.807, 2.05) is 11.9 Å². The van der Waals surface area contributed by atoms with Crippen LogP contribution in [0.4, 0.5) is 0 Å². The van der Waals surface area contributed by atoms with Gasteiger partial charge in [0, 0.05) is 7.05 Å². The van der Waals surface area contributed by atoms with Crippen molar-refractivity contribution in [3.63, 3.8) is 0 Å². The summed E-state index contributed by atoms with van der Waals surface area (Å²) in [4.78, 5) is 31.7. The van der Waals surface area contributed by atoms with Crippen molar-refractivity contribution in [2.45, 2.75) is 13.5 Å². The highest BCUT2D eigenvalue weighted by molar-refractivity contribution is 6.30. The average molecular weight is 234 g/mol. The number of aromatic nitrogens is 2. The number of rotatable bonds is 4. The molecule has 0 saturated heterocycles. The lowest BCUT2D eigenvalue weighted by atomic mass is 10.4. The lowest BCUT2D eigenvalue weighted by Crippen LogP contribution is -2.28. The fourth-order valence-corrected chi connectivity index (χ4v) is 1.27. The summed E-state index contributed by atoms with van der Waals surface area (Å²) in [7, 11) is 1.68. The summed E-state index contributed by atoms with van der Waals surface area (Å²) in [5.41, 5.74) is -0.842. The van der Waals surface area contributed by atoms with Crippen LogP contribution in [0, 0.1) is 0 Å². The number of nitrogens with one attached hydrogen (secondary N) is 2. The number of nitrogens with zero attached hydrogens (tertiary/aromatic N) is 1. The Morgan fingerprint density at radius 3 is 2.67 bits per heavy atom. The molecule has 0 unspecified atom stereocenters. The van der Waals surface area contributed by atoms with Crippen molar-refractivity contribution in [1.29, 1.82) is 0 Å². The molecular weight excluding hydrogens is 222 g/mol. The molecule has 15 heavy (non-hydrogen) atoms. The van der Waals surface area contributed by atoms with Crippen LogP contribution in [0.3, 0.4) is 0 Å². The Kier molecular flexibility index (Phi) is 4.07. The normalized spacial score (nSPS) is 10.9. The lowest BCUT2D eigenvalue weighted by Gasteiger charge is -2.15. The minimum atomic E-state index is -0.597. The van der Waals surface area contributed by atoms with E-state index in [1.54, 1.807) is 7.05 Å². The molecule has 0 aliphatic rings. The van der Waals surface area contributed by atoms with Gasteiger partial charge in [-0.1, -0.05) is 11.6 Å². The maximum absolute atomic E-state index is 11.1. The van der Waals surface area contributed by atoms with E-state index in [0.29, 0.717) is 12.3 Å². The van der Waals surface area contributed by atoms with Crippen LogP contribution in [0.25, 0.3) is 0 Å². The van der Waals surface area contributed by atoms with Gasteiger partial charge in [-0.25, -0.2) is 4.79 Å². The molecule has 0 aliphatic carbocycles. The van der Waals surface area contributed by atoms with Gasteiger partial charge in [-0.3, -0.25) is 14.6 Å². The second-order valence-corrected chi connectivity index (χ2v) is 3.28. The highest BCUT2D eigenvalue weighted by Gasteiger charge is 2.09. The average Bonchev–Trinajstić information content (AvgIpc) is 2.13. The molecule has 6 nitrogen and oxygen atoms in total. The fourth-order valence-electron chi connectivity index (χ4n) is 1.12. The van der Waals surface area contributed by atoms with Crippen LogP contribution in [-0.2, 0) is 11.4 Å². The molecule has 1 rings (SSSR count). The Morgan fingerprint density at radius 1 is 1.40 bits per heavy atom. The summed E-state index contributed by atoms with van der Waals surface area (Å²) in [6, 6.07) is 0. The van der Waals surface area contributed by atoms with E-state index in [2.05, 4.69) is 4.98 Å². The van der Waals surface area contributed by atoms with Gasteiger partial charge in [0.25, 0.3) is 5.56 Å². The zero-order valence-electron chi connectivity index (χ0n) is 8.46. The number of hydrogen-bond donors (Lipinski definition) is 2. The van der Waals surface area contributed by atoms with Gasteiger partial charge in [-0.15, -0.1) is 0 Å². The Bertz CT molecular complexity index is 439. The van der Waals surface area contributed by atoms with E-state index >= 15 is 0 Å². The van der Waals surface area contributed by atoms with E-state index in [-0.39, 0.29) is 11.6 Å². The Balaban J connectivity index is 2.95. The Morgan fingerprint density at radius 2 is 2.07 bits per heavy atom. The summed E-state index contributed by atoms with van der Waals surface area (Å²) in [5.74, 6) is 0. The molecule has 0 atom stereocenters. The zero-order valence-corrected chi connectivity index (χ0v) is 9.22. The number of aromatic amines is 2. The monoisotopic (exact) mass is 233 g/mol. The molecule has 0 amide bonds. The number of H-pyrrole nitrogens is 2. The highest BCUT2D eigenvalue weighted by Crippen LogP contribution is 2.07. The van der Waals surface area contributed by atoms with Gasteiger partial charge in [0.15, 0.2) is 0 Å². The van der Waals surface area contributed by atoms with Gasteiger partial charge in [-0.05, 0) is 6.92 Å². The molecule has 84 valence electrons. The smallest absolute Gasteiger partial charge is 0.308 e. The van der Waals surface area contributed by atoms with E-state index in [1.165, 1.54) is 5.06 Å². The summed E-state index contributed by atoms with van der Waals surface area (Å²) >= 11 is 5.71. The molecular formula is C8H12ClN3O3. The molecule has 0 aliphatic heterocycles. The molecule has 0 bridgehead atoms. The van der Waals surface area contributed by atoms with Gasteiger partial charge < -0.3 is 4.98 Å². The predicted octanol–water partition coefficient (Wildman–Crippen LogP) is 0.0999. The Labute approximate surface area is 90.8 Å². The first kappa shape index (κ1) is 12.0. The van der Waals surface area contributed by atoms with Gasteiger partial charge in [0.2, 0.25) is 0 Å². The Hall–Kier alpha value is -1.11. The van der Waals surface area contributed by atoms with E-state index in [4.69, 9.17) is 16.4 Å². The molecule has 0 saturated carbocycles. The van der Waals surface area contributed by atoms with Gasteiger partial charge in [-0.2, -0.15) is 5.06 Å². The molecule has 2 N–H and O–H groups in total. The van der Waals surface area contributed by atoms with Gasteiger partial charge >= 0.3 is 5.69 Å². The summed E-state index contributed by atoms with van der Waals surface area (Å²) in [5, 5.41) is 1.46. The fraction of sp³-hybridized carbons (Fsp3) is 0.500. The third kappa shape index (κ3) is 3.19. The molecule has 1 aromatic rings. The topological polar surface area (TPSA) is 78.2 Å². The first-order valence-electron chi connectivity index (χ1n) is 4.39. The van der Waals surface area contributed by atoms with Crippen molar-refractivity contribution >= 4 is 11.6 Å². The minimum absolute atomic E-state index is 0.0267. The van der Waals surface area contributed by atoms with Crippen LogP contribution in [0.2, 0.25) is 5.02 Å². The highest BCUT2D eigenvalue weighted by atomic mass is 35.5. The summed E-state index contributed by atoms with van der Waals surface area (Å²) in [6.07, 6.45) is 0. The largest absolute Gasteiger partial charge is 0.326 e. The standard InChI is InChI=1S/C8H12ClN3O3/c1-3-15-12(2)4-5-6(9)7(13)11-8(14)10-5/h3-4H2,1-2H3,(H2,10,11,13,14). The van der Waals surface area contributed by atoms with Crippen LogP contribution < -0.4 is 11.2 Å². The second-order valence-electron chi connectivity index (χ2n) is 2.90. The molecule has 1 heterocycles. The van der Waals surface area contributed by atoms with Crippen molar-refractivity contribution in [1.82, 2.24) is 15.0 Å². The first-order chi connectivity index (χ1) is 7.04. The van der Waals surface area contributed by atoms with Crippen LogP contribution in [0.15, 0.2) is 9.59 Å². The quantitative estimate of drug-likeness (QED) is 0.723. The van der Waals surface area contributed by atoms with Crippen molar-refractivity contribution in [2.24, 2.45) is 0 Å². The molecule has 0 aromatic carbocycles. The molecule has 0 fully saturated rings. The van der Waals surface area contributed by atoms with Crippen LogP contribution in [-0.4, -0.2) is 28.7 Å². The lowest BCUT2D eigenvalue weighted by molar-refractivity contribution is -0.142. The maximum atomic E-state index is 11.1. The van der Waals surface area contributed by atoms with Gasteiger partial charge in [0.05, 0.1) is 18.8 Å². The number of halogens is 1. The zero-order chi connectivity index (χ0) is 11.4. The van der Waals surface area contributed by atoms with E-state index in [9.17, 15) is 9.59 Å². The van der Waals surface area contributed by atoms with Crippen LogP contribution in [0.1, 0.15) is 12.6 Å². The third-order valence-electron chi connectivity index (χ3n) is 1.69. The van der Waals surface area contributed by atoms with Gasteiger partial charge in [0.1, 0.15) is 5.02 Å². The van der Waals surface area contributed by atoms with Crippen molar-refractivity contribution in [3.05, 3.63) is 31.6 Å². The summed E-state index contributed by atoms with van der Waals surface area (Å²) in [6.45, 7) is 2.58. The SMILES string of the molecule is CCON(C)Cc1[nH]c(=O)[nH]c(=O)c1Cl. The predicted molar refractivity (Wildman–Crippen MR) is 55.8 cm³/mol. The van der Waals surface area contributed by atoms with Crippen molar-refractivity contribution in [3.8, 4) is 0 Å². The minimum Gasteiger partial charge on any atom is -0.308 e.